The van der Waals surface area contributed by atoms with E-state index >= 15 is 0 Å². The lowest BCUT2D eigenvalue weighted by Gasteiger charge is -2.27. The zero-order valence-electron chi connectivity index (χ0n) is 29.7. The number of carbonyl (C=O) groups excluding carboxylic acids is 5. The van der Waals surface area contributed by atoms with Gasteiger partial charge in [0.05, 0.1) is 6.04 Å². The summed E-state index contributed by atoms with van der Waals surface area (Å²) < 4.78 is 0. The molecule has 5 amide bonds. The Morgan fingerprint density at radius 1 is 0.804 bits per heavy atom. The first kappa shape index (κ1) is 42.6. The van der Waals surface area contributed by atoms with Gasteiger partial charge < -0.3 is 54.6 Å². The van der Waals surface area contributed by atoms with Crippen molar-refractivity contribution in [2.24, 2.45) is 23.1 Å². The lowest BCUT2D eigenvalue weighted by molar-refractivity contribution is -0.142. The van der Waals surface area contributed by atoms with E-state index in [0.29, 0.717) is 50.0 Å². The third-order valence-electron chi connectivity index (χ3n) is 8.43. The minimum absolute atomic E-state index is 0.00431. The molecule has 0 spiro atoms. The molecule has 6 atom stereocenters. The third kappa shape index (κ3) is 15.5. The van der Waals surface area contributed by atoms with Crippen LogP contribution in [-0.2, 0) is 35.2 Å². The van der Waals surface area contributed by atoms with E-state index in [9.17, 15) is 33.9 Å². The number of anilines is 1. The number of benzene rings is 1. The van der Waals surface area contributed by atoms with Crippen LogP contribution in [0.3, 0.4) is 0 Å². The maximum Gasteiger partial charge on any atom is 0.326 e. The minimum atomic E-state index is -1.23. The molecule has 1 aromatic carbocycles. The van der Waals surface area contributed by atoms with Crippen LogP contribution in [0.5, 0.6) is 0 Å². The standard InChI is InChI=1S/C35H57N9O7/c1-21(2)19-29(35(50)51)44-34(49)28(20-22-13-15-23(38)16-14-22)43-33(48)26-10-4-3-9-24(39)30(45)40-25(11-5-7-17-36)31(46)42-27(32(47)41-26)12-6-8-18-37/h3-4,13-16,21,24-29H,5-12,17-20,36-39H2,1-2H3,(H,40,45)(H,41,47)(H,42,46)(H,43,48)(H,44,49)(H,50,51)/b4-3+/t24-,25-,26-,27-,28-,29-/m0/s1. The molecular formula is C35H57N9O7. The smallest absolute Gasteiger partial charge is 0.326 e. The Labute approximate surface area is 299 Å². The summed E-state index contributed by atoms with van der Waals surface area (Å²) in [5.74, 6) is -4.46. The molecule has 0 aromatic heterocycles. The number of aliphatic carboxylic acids is 1. The monoisotopic (exact) mass is 715 g/mol. The van der Waals surface area contributed by atoms with Gasteiger partial charge in [-0.25, -0.2) is 4.79 Å². The number of nitrogen functional groups attached to an aromatic ring is 1. The Hall–Kier alpha value is -4.54. The molecule has 2 rings (SSSR count). The molecule has 1 heterocycles. The zero-order valence-corrected chi connectivity index (χ0v) is 29.7. The molecule has 0 radical (unpaired) electrons. The normalized spacial score (nSPS) is 22.0. The van der Waals surface area contributed by atoms with E-state index in [1.807, 2.05) is 13.8 Å². The van der Waals surface area contributed by atoms with E-state index in [-0.39, 0.29) is 44.4 Å². The second-order valence-electron chi connectivity index (χ2n) is 13.3. The Balaban J connectivity index is 2.43. The molecule has 0 fully saturated rings. The third-order valence-corrected chi connectivity index (χ3v) is 8.43. The first-order valence-corrected chi connectivity index (χ1v) is 17.6. The molecule has 284 valence electrons. The van der Waals surface area contributed by atoms with Crippen LogP contribution >= 0.6 is 0 Å². The predicted molar refractivity (Wildman–Crippen MR) is 193 cm³/mol. The number of nitrogens with one attached hydrogen (secondary N) is 5. The van der Waals surface area contributed by atoms with E-state index in [4.69, 9.17) is 22.9 Å². The van der Waals surface area contributed by atoms with Gasteiger partial charge in [0.2, 0.25) is 29.5 Å². The number of carboxylic acids is 1. The molecule has 0 bridgehead atoms. The van der Waals surface area contributed by atoms with Crippen LogP contribution in [0.15, 0.2) is 36.4 Å². The van der Waals surface area contributed by atoms with Crippen LogP contribution in [0, 0.1) is 5.92 Å². The second-order valence-corrected chi connectivity index (χ2v) is 13.3. The number of hydrogen-bond acceptors (Lipinski definition) is 10. The van der Waals surface area contributed by atoms with Gasteiger partial charge in [-0.05, 0) is 94.5 Å². The maximum absolute atomic E-state index is 13.9. The van der Waals surface area contributed by atoms with Crippen molar-refractivity contribution in [2.75, 3.05) is 18.8 Å². The van der Waals surface area contributed by atoms with Crippen molar-refractivity contribution in [3.63, 3.8) is 0 Å². The summed E-state index contributed by atoms with van der Waals surface area (Å²) in [5, 5.41) is 23.2. The fraction of sp³-hybridized carbons (Fsp3) is 0.600. The average Bonchev–Trinajstić information content (AvgIpc) is 3.08. The van der Waals surface area contributed by atoms with E-state index in [0.717, 1.165) is 0 Å². The summed E-state index contributed by atoms with van der Waals surface area (Å²) in [5.41, 5.74) is 24.4. The summed E-state index contributed by atoms with van der Waals surface area (Å²) in [6.07, 6.45) is 6.12. The molecule has 0 saturated carbocycles. The summed E-state index contributed by atoms with van der Waals surface area (Å²) in [6.45, 7) is 4.42. The summed E-state index contributed by atoms with van der Waals surface area (Å²) in [6, 6.07) is -0.0167. The Morgan fingerprint density at radius 3 is 1.90 bits per heavy atom. The zero-order chi connectivity index (χ0) is 37.9. The van der Waals surface area contributed by atoms with Crippen LogP contribution in [0.2, 0.25) is 0 Å². The van der Waals surface area contributed by atoms with Crippen molar-refractivity contribution in [1.29, 1.82) is 0 Å². The summed E-state index contributed by atoms with van der Waals surface area (Å²) in [4.78, 5) is 79.6. The van der Waals surface area contributed by atoms with Gasteiger partial charge in [0, 0.05) is 12.1 Å². The van der Waals surface area contributed by atoms with Gasteiger partial charge in [0.1, 0.15) is 30.2 Å². The van der Waals surface area contributed by atoms with Gasteiger partial charge in [-0.15, -0.1) is 0 Å². The topological polar surface area (TPSA) is 287 Å². The quantitative estimate of drug-likeness (QED) is 0.0547. The fourth-order valence-electron chi connectivity index (χ4n) is 5.50. The van der Waals surface area contributed by atoms with Crippen LogP contribution in [-0.4, -0.2) is 90.0 Å². The molecular weight excluding hydrogens is 658 g/mol. The van der Waals surface area contributed by atoms with E-state index in [1.54, 1.807) is 36.4 Å². The molecule has 0 saturated heterocycles. The summed E-state index contributed by atoms with van der Waals surface area (Å²) in [7, 11) is 0. The molecule has 51 heavy (non-hydrogen) atoms. The van der Waals surface area contributed by atoms with Crippen molar-refractivity contribution in [2.45, 2.75) is 114 Å². The first-order chi connectivity index (χ1) is 24.2. The van der Waals surface area contributed by atoms with Gasteiger partial charge in [0.15, 0.2) is 0 Å². The van der Waals surface area contributed by atoms with Crippen LogP contribution in [0.4, 0.5) is 5.69 Å². The molecule has 0 aliphatic carbocycles. The Morgan fingerprint density at radius 2 is 1.35 bits per heavy atom. The number of carbonyl (C=O) groups is 6. The molecule has 1 aliphatic rings. The molecule has 14 N–H and O–H groups in total. The second kappa shape index (κ2) is 22.3. The lowest BCUT2D eigenvalue weighted by atomic mass is 10.0. The lowest BCUT2D eigenvalue weighted by Crippen LogP contribution is -2.59. The SMILES string of the molecule is CC(C)C[C@H](NC(=O)[C@H](Cc1ccc(N)cc1)NC(=O)[C@@H]1C/C=C/C[C@H](N)C(=O)N[C@@H](CCCCN)C(=O)N[C@@H](CCCCN)C(=O)N1)C(=O)O. The van der Waals surface area contributed by atoms with Crippen molar-refractivity contribution in [1.82, 2.24) is 26.6 Å². The minimum Gasteiger partial charge on any atom is -0.480 e. The molecule has 1 aliphatic heterocycles. The Kier molecular flexibility index (Phi) is 18.7. The van der Waals surface area contributed by atoms with Crippen LogP contribution < -0.4 is 49.5 Å². The van der Waals surface area contributed by atoms with Crippen LogP contribution in [0.25, 0.3) is 0 Å². The number of nitrogens with two attached hydrogens (primary N) is 4. The maximum atomic E-state index is 13.9. The number of unbranched alkanes of at least 4 members (excludes halogenated alkanes) is 2. The number of carboxylic acid groups (broad SMARTS) is 1. The largest absolute Gasteiger partial charge is 0.480 e. The average molecular weight is 716 g/mol. The van der Waals surface area contributed by atoms with Gasteiger partial charge >= 0.3 is 5.97 Å². The Bertz CT molecular complexity index is 1340. The van der Waals surface area contributed by atoms with Crippen LogP contribution in [0.1, 0.15) is 77.2 Å². The van der Waals surface area contributed by atoms with Gasteiger partial charge in [-0.3, -0.25) is 24.0 Å². The molecule has 1 aromatic rings. The summed E-state index contributed by atoms with van der Waals surface area (Å²) >= 11 is 0. The predicted octanol–water partition coefficient (Wildman–Crippen LogP) is -0.699. The van der Waals surface area contributed by atoms with Crippen molar-refractivity contribution in [3.8, 4) is 0 Å². The van der Waals surface area contributed by atoms with Crippen molar-refractivity contribution in [3.05, 3.63) is 42.0 Å². The number of rotatable bonds is 17. The first-order valence-electron chi connectivity index (χ1n) is 17.6. The van der Waals surface area contributed by atoms with Crippen molar-refractivity contribution >= 4 is 41.2 Å². The van der Waals surface area contributed by atoms with Crippen molar-refractivity contribution < 1.29 is 33.9 Å². The number of hydrogen-bond donors (Lipinski definition) is 10. The highest BCUT2D eigenvalue weighted by Gasteiger charge is 2.33. The highest BCUT2D eigenvalue weighted by atomic mass is 16.4. The fourth-order valence-corrected chi connectivity index (χ4v) is 5.50. The highest BCUT2D eigenvalue weighted by molar-refractivity contribution is 5.96. The van der Waals surface area contributed by atoms with Gasteiger partial charge in [-0.2, -0.15) is 0 Å². The van der Waals surface area contributed by atoms with E-state index in [2.05, 4.69) is 26.6 Å². The van der Waals surface area contributed by atoms with E-state index in [1.165, 1.54) is 0 Å². The molecule has 16 heteroatoms. The molecule has 0 unspecified atom stereocenters. The van der Waals surface area contributed by atoms with Gasteiger partial charge in [-0.1, -0.05) is 38.1 Å². The number of amides is 5. The molecule has 16 nitrogen and oxygen atoms in total. The highest BCUT2D eigenvalue weighted by Crippen LogP contribution is 2.12. The van der Waals surface area contributed by atoms with E-state index < -0.39 is 71.8 Å². The van der Waals surface area contributed by atoms with Gasteiger partial charge in [0.25, 0.3) is 0 Å².